The number of amides is 1. The smallest absolute Gasteiger partial charge is 0.347 e. The topological polar surface area (TPSA) is 64.6 Å². The zero-order valence-corrected chi connectivity index (χ0v) is 15.0. The largest absolute Gasteiger partial charge is 0.479 e. The van der Waals surface area contributed by atoms with Crippen LogP contribution in [0.15, 0.2) is 48.5 Å². The molecule has 0 fully saturated rings. The lowest BCUT2D eigenvalue weighted by atomic mass is 10.1. The van der Waals surface area contributed by atoms with Crippen LogP contribution in [0, 0.1) is 5.82 Å². The molecule has 1 amide bonds. The Bertz CT molecular complexity index is 751. The Labute approximate surface area is 156 Å². The van der Waals surface area contributed by atoms with Gasteiger partial charge in [-0.1, -0.05) is 29.8 Å². The molecule has 2 aromatic rings. The van der Waals surface area contributed by atoms with E-state index >= 15 is 0 Å². The second-order valence-electron chi connectivity index (χ2n) is 5.51. The van der Waals surface area contributed by atoms with Gasteiger partial charge in [0.2, 0.25) is 0 Å². The number of carbonyl (C=O) groups excluding carboxylic acids is 2. The SMILES string of the molecule is C[C@H](Oc1ccc(Cl)cc1)C(=O)OCC(=O)NCCc1ccccc1F. The number of rotatable bonds is 8. The number of hydrogen-bond donors (Lipinski definition) is 1. The predicted molar refractivity (Wildman–Crippen MR) is 95.6 cm³/mol. The Morgan fingerprint density at radius 2 is 1.85 bits per heavy atom. The van der Waals surface area contributed by atoms with Crippen molar-refractivity contribution in [3.63, 3.8) is 0 Å². The van der Waals surface area contributed by atoms with Crippen molar-refractivity contribution in [2.24, 2.45) is 0 Å². The molecule has 5 nitrogen and oxygen atoms in total. The van der Waals surface area contributed by atoms with E-state index in [1.54, 1.807) is 42.5 Å². The van der Waals surface area contributed by atoms with Crippen molar-refractivity contribution in [3.05, 3.63) is 64.9 Å². The first-order valence-electron chi connectivity index (χ1n) is 8.04. The summed E-state index contributed by atoms with van der Waals surface area (Å²) in [5.41, 5.74) is 0.509. The molecule has 0 aliphatic rings. The van der Waals surface area contributed by atoms with Crippen LogP contribution in [-0.4, -0.2) is 31.1 Å². The summed E-state index contributed by atoms with van der Waals surface area (Å²) in [5.74, 6) is -0.980. The van der Waals surface area contributed by atoms with Gasteiger partial charge in [0.15, 0.2) is 12.7 Å². The highest BCUT2D eigenvalue weighted by atomic mass is 35.5. The highest BCUT2D eigenvalue weighted by Crippen LogP contribution is 2.17. The van der Waals surface area contributed by atoms with Gasteiger partial charge < -0.3 is 14.8 Å². The molecular weight excluding hydrogens is 361 g/mol. The second-order valence-corrected chi connectivity index (χ2v) is 5.95. The normalized spacial score (nSPS) is 11.5. The molecule has 7 heteroatoms. The summed E-state index contributed by atoms with van der Waals surface area (Å²) in [6.45, 7) is 1.34. The van der Waals surface area contributed by atoms with Gasteiger partial charge in [-0.05, 0) is 49.2 Å². The van der Waals surface area contributed by atoms with Crippen molar-refractivity contribution in [1.29, 1.82) is 0 Å². The number of nitrogens with one attached hydrogen (secondary N) is 1. The molecule has 0 aromatic heterocycles. The maximum Gasteiger partial charge on any atom is 0.347 e. The molecule has 0 bridgehead atoms. The Hall–Kier alpha value is -2.60. The molecule has 2 rings (SSSR count). The molecule has 0 saturated heterocycles. The minimum Gasteiger partial charge on any atom is -0.479 e. The van der Waals surface area contributed by atoms with E-state index in [9.17, 15) is 14.0 Å². The van der Waals surface area contributed by atoms with E-state index < -0.39 is 24.6 Å². The van der Waals surface area contributed by atoms with E-state index in [1.807, 2.05) is 0 Å². The van der Waals surface area contributed by atoms with E-state index in [0.29, 0.717) is 22.8 Å². The van der Waals surface area contributed by atoms with Crippen molar-refractivity contribution in [1.82, 2.24) is 5.32 Å². The molecule has 0 aliphatic carbocycles. The number of carbonyl (C=O) groups is 2. The highest BCUT2D eigenvalue weighted by molar-refractivity contribution is 6.30. The standard InChI is InChI=1S/C19H19ClFNO4/c1-13(26-16-8-6-15(20)7-9-16)19(24)25-12-18(23)22-11-10-14-4-2-3-5-17(14)21/h2-9,13H,10-12H2,1H3,(H,22,23)/t13-/m0/s1. The third-order valence-electron chi connectivity index (χ3n) is 3.48. The first kappa shape index (κ1) is 19.7. The fourth-order valence-corrected chi connectivity index (χ4v) is 2.23. The molecule has 1 N–H and O–H groups in total. The van der Waals surface area contributed by atoms with Crippen LogP contribution < -0.4 is 10.1 Å². The van der Waals surface area contributed by atoms with Gasteiger partial charge in [0.25, 0.3) is 5.91 Å². The molecule has 0 radical (unpaired) electrons. The van der Waals surface area contributed by atoms with Crippen LogP contribution in [0.5, 0.6) is 5.75 Å². The number of benzene rings is 2. The third kappa shape index (κ3) is 6.37. The maximum absolute atomic E-state index is 13.5. The van der Waals surface area contributed by atoms with E-state index in [1.165, 1.54) is 13.0 Å². The fraction of sp³-hybridized carbons (Fsp3) is 0.263. The molecule has 0 spiro atoms. The molecule has 26 heavy (non-hydrogen) atoms. The predicted octanol–water partition coefficient (Wildman–Crippen LogP) is 3.15. The molecule has 0 heterocycles. The molecule has 138 valence electrons. The summed E-state index contributed by atoms with van der Waals surface area (Å²) in [7, 11) is 0. The molecular formula is C19H19ClFNO4. The van der Waals surface area contributed by atoms with E-state index in [4.69, 9.17) is 21.1 Å². The number of ether oxygens (including phenoxy) is 2. The summed E-state index contributed by atoms with van der Waals surface area (Å²) >= 11 is 5.77. The Balaban J connectivity index is 1.68. The van der Waals surface area contributed by atoms with Crippen molar-refractivity contribution in [2.75, 3.05) is 13.2 Å². The average molecular weight is 380 g/mol. The average Bonchev–Trinajstić information content (AvgIpc) is 2.63. The van der Waals surface area contributed by atoms with E-state index in [-0.39, 0.29) is 12.4 Å². The van der Waals surface area contributed by atoms with Crippen molar-refractivity contribution in [3.8, 4) is 5.75 Å². The van der Waals surface area contributed by atoms with Gasteiger partial charge in [0.1, 0.15) is 11.6 Å². The van der Waals surface area contributed by atoms with Crippen LogP contribution in [0.4, 0.5) is 4.39 Å². The maximum atomic E-state index is 13.5. The number of halogens is 2. The Morgan fingerprint density at radius 3 is 2.54 bits per heavy atom. The van der Waals surface area contributed by atoms with Gasteiger partial charge in [-0.2, -0.15) is 0 Å². The monoisotopic (exact) mass is 379 g/mol. The van der Waals surface area contributed by atoms with Gasteiger partial charge in [0.05, 0.1) is 0 Å². The van der Waals surface area contributed by atoms with Crippen LogP contribution in [-0.2, 0) is 20.7 Å². The minimum absolute atomic E-state index is 0.244. The van der Waals surface area contributed by atoms with Crippen molar-refractivity contribution < 1.29 is 23.5 Å². The Morgan fingerprint density at radius 1 is 1.15 bits per heavy atom. The van der Waals surface area contributed by atoms with Crippen LogP contribution >= 0.6 is 11.6 Å². The molecule has 0 saturated carbocycles. The quantitative estimate of drug-likeness (QED) is 0.716. The van der Waals surface area contributed by atoms with Crippen molar-refractivity contribution >= 4 is 23.5 Å². The molecule has 0 unspecified atom stereocenters. The van der Waals surface area contributed by atoms with Crippen LogP contribution in [0.2, 0.25) is 5.02 Å². The molecule has 1 atom stereocenters. The molecule has 0 aliphatic heterocycles. The van der Waals surface area contributed by atoms with E-state index in [2.05, 4.69) is 5.32 Å². The summed E-state index contributed by atoms with van der Waals surface area (Å²) in [4.78, 5) is 23.6. The van der Waals surface area contributed by atoms with Crippen LogP contribution in [0.1, 0.15) is 12.5 Å². The fourth-order valence-electron chi connectivity index (χ4n) is 2.11. The van der Waals surface area contributed by atoms with Gasteiger partial charge >= 0.3 is 5.97 Å². The summed E-state index contributed by atoms with van der Waals surface area (Å²) in [5, 5.41) is 3.13. The second kappa shape index (κ2) is 9.77. The first-order chi connectivity index (χ1) is 12.5. The highest BCUT2D eigenvalue weighted by Gasteiger charge is 2.17. The lowest BCUT2D eigenvalue weighted by Crippen LogP contribution is -2.33. The van der Waals surface area contributed by atoms with E-state index in [0.717, 1.165) is 0 Å². The summed E-state index contributed by atoms with van der Waals surface area (Å²) in [6.07, 6.45) is -0.523. The third-order valence-corrected chi connectivity index (χ3v) is 3.73. The first-order valence-corrected chi connectivity index (χ1v) is 8.42. The van der Waals surface area contributed by atoms with Gasteiger partial charge in [-0.3, -0.25) is 4.79 Å². The zero-order chi connectivity index (χ0) is 18.9. The molecule has 2 aromatic carbocycles. The number of esters is 1. The minimum atomic E-state index is -0.873. The summed E-state index contributed by atoms with van der Waals surface area (Å²) < 4.78 is 23.8. The van der Waals surface area contributed by atoms with Gasteiger partial charge in [-0.15, -0.1) is 0 Å². The summed E-state index contributed by atoms with van der Waals surface area (Å²) in [6, 6.07) is 12.9. The Kier molecular flexibility index (Phi) is 7.41. The van der Waals surface area contributed by atoms with Gasteiger partial charge in [0, 0.05) is 11.6 Å². The number of hydrogen-bond acceptors (Lipinski definition) is 4. The van der Waals surface area contributed by atoms with Crippen molar-refractivity contribution in [2.45, 2.75) is 19.4 Å². The lowest BCUT2D eigenvalue weighted by molar-refractivity contribution is -0.154. The zero-order valence-electron chi connectivity index (χ0n) is 14.2. The van der Waals surface area contributed by atoms with Crippen LogP contribution in [0.25, 0.3) is 0 Å². The van der Waals surface area contributed by atoms with Gasteiger partial charge in [-0.25, -0.2) is 9.18 Å². The van der Waals surface area contributed by atoms with Crippen LogP contribution in [0.3, 0.4) is 0 Å². The lowest BCUT2D eigenvalue weighted by Gasteiger charge is -2.14.